The molecule has 1 aliphatic heterocycles. The van der Waals surface area contributed by atoms with Crippen LogP contribution in [-0.2, 0) is 0 Å². The van der Waals surface area contributed by atoms with E-state index >= 15 is 0 Å². The van der Waals surface area contributed by atoms with Crippen LogP contribution in [0.5, 0.6) is 5.75 Å². The van der Waals surface area contributed by atoms with Gasteiger partial charge in [0.25, 0.3) is 0 Å². The Bertz CT molecular complexity index is 367. The molecular weight excluding hydrogens is 238 g/mol. The van der Waals surface area contributed by atoms with Crippen molar-refractivity contribution in [1.82, 2.24) is 4.90 Å². The predicted molar refractivity (Wildman–Crippen MR) is 79.9 cm³/mol. The van der Waals surface area contributed by atoms with Crippen molar-refractivity contribution in [2.45, 2.75) is 19.4 Å². The van der Waals surface area contributed by atoms with Gasteiger partial charge < -0.3 is 15.4 Å². The van der Waals surface area contributed by atoms with Gasteiger partial charge in [-0.15, -0.1) is 0 Å². The SMILES string of the molecule is CCC(CN)N1CCN(c2ccc(OC)cc2)CC1. The maximum Gasteiger partial charge on any atom is 0.119 e. The van der Waals surface area contributed by atoms with Crippen molar-refractivity contribution in [3.05, 3.63) is 24.3 Å². The fourth-order valence-corrected chi connectivity index (χ4v) is 2.71. The van der Waals surface area contributed by atoms with Crippen LogP contribution in [0.4, 0.5) is 5.69 Å². The van der Waals surface area contributed by atoms with Gasteiger partial charge in [0.05, 0.1) is 7.11 Å². The number of piperazine rings is 1. The zero-order valence-corrected chi connectivity index (χ0v) is 12.0. The number of hydrogen-bond acceptors (Lipinski definition) is 4. The van der Waals surface area contributed by atoms with Crippen LogP contribution in [0.15, 0.2) is 24.3 Å². The molecule has 2 N–H and O–H groups in total. The van der Waals surface area contributed by atoms with E-state index in [9.17, 15) is 0 Å². The maximum atomic E-state index is 5.82. The molecule has 0 bridgehead atoms. The van der Waals surface area contributed by atoms with E-state index in [0.717, 1.165) is 44.9 Å². The van der Waals surface area contributed by atoms with Crippen molar-refractivity contribution >= 4 is 5.69 Å². The second-order valence-corrected chi connectivity index (χ2v) is 5.02. The van der Waals surface area contributed by atoms with Gasteiger partial charge in [-0.1, -0.05) is 6.92 Å². The quantitative estimate of drug-likeness (QED) is 0.875. The third-order valence-corrected chi connectivity index (χ3v) is 4.01. The monoisotopic (exact) mass is 263 g/mol. The van der Waals surface area contributed by atoms with E-state index in [0.29, 0.717) is 6.04 Å². The minimum Gasteiger partial charge on any atom is -0.497 e. The average Bonchev–Trinajstić information content (AvgIpc) is 2.49. The lowest BCUT2D eigenvalue weighted by Gasteiger charge is -2.39. The minimum atomic E-state index is 0.540. The fourth-order valence-electron chi connectivity index (χ4n) is 2.71. The molecule has 4 nitrogen and oxygen atoms in total. The van der Waals surface area contributed by atoms with Crippen LogP contribution >= 0.6 is 0 Å². The first-order valence-electron chi connectivity index (χ1n) is 7.11. The maximum absolute atomic E-state index is 5.82. The van der Waals surface area contributed by atoms with Crippen LogP contribution in [-0.4, -0.2) is 50.8 Å². The number of rotatable bonds is 5. The first-order chi connectivity index (χ1) is 9.28. The van der Waals surface area contributed by atoms with Crippen LogP contribution in [0.2, 0.25) is 0 Å². The number of nitrogens with two attached hydrogens (primary N) is 1. The summed E-state index contributed by atoms with van der Waals surface area (Å²) in [5, 5.41) is 0. The highest BCUT2D eigenvalue weighted by molar-refractivity contribution is 5.49. The number of benzene rings is 1. The van der Waals surface area contributed by atoms with Crippen molar-refractivity contribution in [3.63, 3.8) is 0 Å². The lowest BCUT2D eigenvalue weighted by Crippen LogP contribution is -2.52. The molecule has 2 rings (SSSR count). The standard InChI is InChI=1S/C15H25N3O/c1-3-13(12-16)17-8-10-18(11-9-17)14-4-6-15(19-2)7-5-14/h4-7,13H,3,8-12,16H2,1-2H3. The Morgan fingerprint density at radius 1 is 1.16 bits per heavy atom. The lowest BCUT2D eigenvalue weighted by atomic mass is 10.1. The lowest BCUT2D eigenvalue weighted by molar-refractivity contribution is 0.184. The summed E-state index contributed by atoms with van der Waals surface area (Å²) in [6, 6.07) is 8.86. The molecule has 1 fully saturated rings. The largest absolute Gasteiger partial charge is 0.497 e. The summed E-state index contributed by atoms with van der Waals surface area (Å²) in [6.45, 7) is 7.32. The van der Waals surface area contributed by atoms with Gasteiger partial charge in [0.2, 0.25) is 0 Å². The first kappa shape index (κ1) is 14.2. The van der Waals surface area contributed by atoms with E-state index in [-0.39, 0.29) is 0 Å². The van der Waals surface area contributed by atoms with E-state index in [2.05, 4.69) is 28.9 Å². The van der Waals surface area contributed by atoms with E-state index in [1.54, 1.807) is 7.11 Å². The zero-order chi connectivity index (χ0) is 13.7. The Hall–Kier alpha value is -1.26. The number of methoxy groups -OCH3 is 1. The molecule has 0 amide bonds. The van der Waals surface area contributed by atoms with Crippen LogP contribution < -0.4 is 15.4 Å². The third kappa shape index (κ3) is 3.39. The first-order valence-corrected chi connectivity index (χ1v) is 7.11. The third-order valence-electron chi connectivity index (χ3n) is 4.01. The normalized spacial score (nSPS) is 18.4. The topological polar surface area (TPSA) is 41.7 Å². The molecule has 1 saturated heterocycles. The van der Waals surface area contributed by atoms with Crippen molar-refractivity contribution in [1.29, 1.82) is 0 Å². The highest BCUT2D eigenvalue weighted by Crippen LogP contribution is 2.21. The van der Waals surface area contributed by atoms with Crippen molar-refractivity contribution in [3.8, 4) is 5.75 Å². The van der Waals surface area contributed by atoms with E-state index in [1.165, 1.54) is 5.69 Å². The predicted octanol–water partition coefficient (Wildman–Crippen LogP) is 1.55. The van der Waals surface area contributed by atoms with Gasteiger partial charge in [-0.25, -0.2) is 0 Å². The number of anilines is 1. The minimum absolute atomic E-state index is 0.540. The van der Waals surface area contributed by atoms with Gasteiger partial charge in [0.15, 0.2) is 0 Å². The summed E-state index contributed by atoms with van der Waals surface area (Å²) in [7, 11) is 1.70. The van der Waals surface area contributed by atoms with Gasteiger partial charge in [-0.05, 0) is 30.7 Å². The molecule has 1 aromatic rings. The highest BCUT2D eigenvalue weighted by Gasteiger charge is 2.21. The molecule has 1 atom stereocenters. The van der Waals surface area contributed by atoms with E-state index < -0.39 is 0 Å². The molecule has 0 saturated carbocycles. The molecule has 106 valence electrons. The average molecular weight is 263 g/mol. The van der Waals surface area contributed by atoms with Crippen LogP contribution in [0, 0.1) is 0 Å². The smallest absolute Gasteiger partial charge is 0.119 e. The number of hydrogen-bond donors (Lipinski definition) is 1. The van der Waals surface area contributed by atoms with Gasteiger partial charge in [0, 0.05) is 44.5 Å². The molecule has 1 heterocycles. The van der Waals surface area contributed by atoms with Crippen LogP contribution in [0.25, 0.3) is 0 Å². The molecule has 1 aliphatic rings. The van der Waals surface area contributed by atoms with Gasteiger partial charge in [-0.3, -0.25) is 4.90 Å². The molecule has 1 unspecified atom stereocenters. The number of ether oxygens (including phenoxy) is 1. The summed E-state index contributed by atoms with van der Waals surface area (Å²) < 4.78 is 5.19. The van der Waals surface area contributed by atoms with Crippen molar-refractivity contribution in [2.24, 2.45) is 5.73 Å². The molecule has 4 heteroatoms. The fraction of sp³-hybridized carbons (Fsp3) is 0.600. The second kappa shape index (κ2) is 6.78. The van der Waals surface area contributed by atoms with Crippen LogP contribution in [0.3, 0.4) is 0 Å². The molecule has 1 aromatic carbocycles. The summed E-state index contributed by atoms with van der Waals surface area (Å²) in [4.78, 5) is 4.94. The Labute approximate surface area is 116 Å². The van der Waals surface area contributed by atoms with Crippen molar-refractivity contribution < 1.29 is 4.74 Å². The van der Waals surface area contributed by atoms with Gasteiger partial charge in [-0.2, -0.15) is 0 Å². The Morgan fingerprint density at radius 2 is 1.79 bits per heavy atom. The Morgan fingerprint density at radius 3 is 2.26 bits per heavy atom. The molecule has 0 spiro atoms. The highest BCUT2D eigenvalue weighted by atomic mass is 16.5. The summed E-state index contributed by atoms with van der Waals surface area (Å²) in [5.74, 6) is 0.913. The van der Waals surface area contributed by atoms with Gasteiger partial charge >= 0.3 is 0 Å². The summed E-state index contributed by atoms with van der Waals surface area (Å²) in [5.41, 5.74) is 7.10. The summed E-state index contributed by atoms with van der Waals surface area (Å²) in [6.07, 6.45) is 1.14. The van der Waals surface area contributed by atoms with E-state index in [1.807, 2.05) is 12.1 Å². The molecule has 0 radical (unpaired) electrons. The zero-order valence-electron chi connectivity index (χ0n) is 12.0. The molecular formula is C15H25N3O. The summed E-state index contributed by atoms with van der Waals surface area (Å²) >= 11 is 0. The number of nitrogens with zero attached hydrogens (tertiary/aromatic N) is 2. The molecule has 0 aliphatic carbocycles. The second-order valence-electron chi connectivity index (χ2n) is 5.02. The molecule has 19 heavy (non-hydrogen) atoms. The van der Waals surface area contributed by atoms with Gasteiger partial charge in [0.1, 0.15) is 5.75 Å². The molecule has 0 aromatic heterocycles. The Kier molecular flexibility index (Phi) is 5.05. The van der Waals surface area contributed by atoms with E-state index in [4.69, 9.17) is 10.5 Å². The Balaban J connectivity index is 1.91. The van der Waals surface area contributed by atoms with Crippen LogP contribution in [0.1, 0.15) is 13.3 Å². The van der Waals surface area contributed by atoms with Crippen molar-refractivity contribution in [2.75, 3.05) is 44.7 Å².